The van der Waals surface area contributed by atoms with Crippen LogP contribution in [-0.2, 0) is 6.42 Å². The Morgan fingerprint density at radius 1 is 1.10 bits per heavy atom. The zero-order chi connectivity index (χ0) is 14.1. The maximum atomic E-state index is 6.54. The smallest absolute Gasteiger partial charge is 0.0733 e. The molecule has 0 aliphatic rings. The molecule has 3 aromatic rings. The van der Waals surface area contributed by atoms with Gasteiger partial charge in [-0.3, -0.25) is 0 Å². The SMILES string of the molecule is Cc1csc(C(Cl)Cc2ccc3ccccc3c2)c1Cl. The molecule has 0 nitrogen and oxygen atoms in total. The monoisotopic (exact) mass is 320 g/mol. The van der Waals surface area contributed by atoms with Crippen LogP contribution < -0.4 is 0 Å². The molecule has 0 aliphatic heterocycles. The van der Waals surface area contributed by atoms with Crippen LogP contribution in [0.3, 0.4) is 0 Å². The van der Waals surface area contributed by atoms with E-state index in [0.29, 0.717) is 0 Å². The van der Waals surface area contributed by atoms with Gasteiger partial charge in [-0.25, -0.2) is 0 Å². The predicted molar refractivity (Wildman–Crippen MR) is 90.3 cm³/mol. The highest BCUT2D eigenvalue weighted by Crippen LogP contribution is 2.37. The second kappa shape index (κ2) is 5.77. The van der Waals surface area contributed by atoms with Crippen molar-refractivity contribution in [3.05, 3.63) is 68.9 Å². The van der Waals surface area contributed by atoms with E-state index in [1.54, 1.807) is 11.3 Å². The number of hydrogen-bond donors (Lipinski definition) is 0. The Kier molecular flexibility index (Phi) is 4.02. The average molecular weight is 321 g/mol. The molecule has 0 saturated heterocycles. The molecule has 20 heavy (non-hydrogen) atoms. The van der Waals surface area contributed by atoms with Gasteiger partial charge in [0, 0.05) is 4.88 Å². The van der Waals surface area contributed by atoms with Gasteiger partial charge in [0.2, 0.25) is 0 Å². The molecule has 102 valence electrons. The van der Waals surface area contributed by atoms with Gasteiger partial charge < -0.3 is 0 Å². The summed E-state index contributed by atoms with van der Waals surface area (Å²) in [6.07, 6.45) is 0.798. The third-order valence-electron chi connectivity index (χ3n) is 3.44. The van der Waals surface area contributed by atoms with Gasteiger partial charge in [0.25, 0.3) is 0 Å². The van der Waals surface area contributed by atoms with Gasteiger partial charge in [0.15, 0.2) is 0 Å². The van der Waals surface area contributed by atoms with Gasteiger partial charge in [-0.15, -0.1) is 22.9 Å². The van der Waals surface area contributed by atoms with Crippen LogP contribution in [0.2, 0.25) is 5.02 Å². The molecule has 0 fully saturated rings. The van der Waals surface area contributed by atoms with E-state index in [0.717, 1.165) is 21.9 Å². The average Bonchev–Trinajstić information content (AvgIpc) is 2.79. The number of alkyl halides is 1. The molecule has 1 atom stereocenters. The molecule has 0 radical (unpaired) electrons. The first-order valence-corrected chi connectivity index (χ1v) is 8.20. The molecule has 0 bridgehead atoms. The third-order valence-corrected chi connectivity index (χ3v) is 5.77. The molecular weight excluding hydrogens is 307 g/mol. The maximum absolute atomic E-state index is 6.54. The molecule has 0 N–H and O–H groups in total. The van der Waals surface area contributed by atoms with Crippen LogP contribution in [0.25, 0.3) is 10.8 Å². The quantitative estimate of drug-likeness (QED) is 0.491. The fourth-order valence-corrected chi connectivity index (χ4v) is 4.13. The molecule has 3 heteroatoms. The van der Waals surface area contributed by atoms with Crippen LogP contribution in [0.4, 0.5) is 0 Å². The lowest BCUT2D eigenvalue weighted by molar-refractivity contribution is 0.941. The van der Waals surface area contributed by atoms with Gasteiger partial charge in [-0.1, -0.05) is 54.1 Å². The number of aryl methyl sites for hydroxylation is 1. The van der Waals surface area contributed by atoms with Crippen molar-refractivity contribution in [3.63, 3.8) is 0 Å². The first-order chi connectivity index (χ1) is 9.65. The van der Waals surface area contributed by atoms with Crippen LogP contribution in [0.1, 0.15) is 21.4 Å². The van der Waals surface area contributed by atoms with Crippen molar-refractivity contribution in [1.82, 2.24) is 0 Å². The Morgan fingerprint density at radius 3 is 2.55 bits per heavy atom. The van der Waals surface area contributed by atoms with Crippen LogP contribution in [0.15, 0.2) is 47.8 Å². The highest BCUT2D eigenvalue weighted by molar-refractivity contribution is 7.11. The normalized spacial score (nSPS) is 12.8. The van der Waals surface area contributed by atoms with E-state index in [1.165, 1.54) is 16.3 Å². The molecule has 1 unspecified atom stereocenters. The molecule has 0 amide bonds. The number of fused-ring (bicyclic) bond motifs is 1. The van der Waals surface area contributed by atoms with E-state index in [9.17, 15) is 0 Å². The van der Waals surface area contributed by atoms with Crippen molar-refractivity contribution in [2.45, 2.75) is 18.7 Å². The van der Waals surface area contributed by atoms with Gasteiger partial charge in [-0.2, -0.15) is 0 Å². The van der Waals surface area contributed by atoms with Crippen molar-refractivity contribution in [1.29, 1.82) is 0 Å². The summed E-state index contributed by atoms with van der Waals surface area (Å²) in [4.78, 5) is 1.07. The minimum absolute atomic E-state index is 0.0673. The first-order valence-electron chi connectivity index (χ1n) is 6.50. The first kappa shape index (κ1) is 13.9. The van der Waals surface area contributed by atoms with Crippen LogP contribution in [-0.4, -0.2) is 0 Å². The summed E-state index contributed by atoms with van der Waals surface area (Å²) in [6.45, 7) is 2.02. The summed E-state index contributed by atoms with van der Waals surface area (Å²) >= 11 is 14.5. The Labute approximate surface area is 133 Å². The Morgan fingerprint density at radius 2 is 1.85 bits per heavy atom. The third kappa shape index (κ3) is 2.71. The molecule has 3 rings (SSSR count). The van der Waals surface area contributed by atoms with E-state index >= 15 is 0 Å². The van der Waals surface area contributed by atoms with Crippen LogP contribution >= 0.6 is 34.5 Å². The van der Waals surface area contributed by atoms with Crippen molar-refractivity contribution < 1.29 is 0 Å². The number of hydrogen-bond acceptors (Lipinski definition) is 1. The number of rotatable bonds is 3. The summed E-state index contributed by atoms with van der Waals surface area (Å²) < 4.78 is 0. The topological polar surface area (TPSA) is 0 Å². The van der Waals surface area contributed by atoms with E-state index in [4.69, 9.17) is 23.2 Å². The van der Waals surface area contributed by atoms with Crippen molar-refractivity contribution in [2.75, 3.05) is 0 Å². The highest BCUT2D eigenvalue weighted by atomic mass is 35.5. The van der Waals surface area contributed by atoms with E-state index in [2.05, 4.69) is 47.8 Å². The molecule has 0 spiro atoms. The van der Waals surface area contributed by atoms with Crippen LogP contribution in [0.5, 0.6) is 0 Å². The summed E-state index contributed by atoms with van der Waals surface area (Å²) in [6, 6.07) is 14.9. The zero-order valence-corrected chi connectivity index (χ0v) is 13.4. The van der Waals surface area contributed by atoms with E-state index < -0.39 is 0 Å². The molecule has 0 saturated carbocycles. The minimum atomic E-state index is -0.0673. The Bertz CT molecular complexity index is 746. The van der Waals surface area contributed by atoms with Gasteiger partial charge in [0.1, 0.15) is 0 Å². The standard InChI is InChI=1S/C17H14Cl2S/c1-11-10-20-17(16(11)19)15(18)9-12-6-7-13-4-2-3-5-14(13)8-12/h2-8,10,15H,9H2,1H3. The summed E-state index contributed by atoms with van der Waals surface area (Å²) in [5.41, 5.74) is 2.35. The Hall–Kier alpha value is -1.02. The van der Waals surface area contributed by atoms with Gasteiger partial charge in [-0.05, 0) is 40.6 Å². The number of benzene rings is 2. The van der Waals surface area contributed by atoms with Crippen molar-refractivity contribution in [2.24, 2.45) is 0 Å². The van der Waals surface area contributed by atoms with E-state index in [1.807, 2.05) is 6.92 Å². The molecule has 0 aliphatic carbocycles. The number of thiophene rings is 1. The van der Waals surface area contributed by atoms with Crippen LogP contribution in [0, 0.1) is 6.92 Å². The summed E-state index contributed by atoms with van der Waals surface area (Å²) in [7, 11) is 0. The fraction of sp³-hybridized carbons (Fsp3) is 0.176. The van der Waals surface area contributed by atoms with Crippen molar-refractivity contribution in [3.8, 4) is 0 Å². The van der Waals surface area contributed by atoms with Gasteiger partial charge in [0.05, 0.1) is 10.4 Å². The largest absolute Gasteiger partial charge is 0.145 e. The number of halogens is 2. The highest BCUT2D eigenvalue weighted by Gasteiger charge is 2.16. The lowest BCUT2D eigenvalue weighted by atomic mass is 10.0. The fourth-order valence-electron chi connectivity index (χ4n) is 2.33. The lowest BCUT2D eigenvalue weighted by Gasteiger charge is -2.09. The zero-order valence-electron chi connectivity index (χ0n) is 11.1. The molecule has 1 heterocycles. The second-order valence-electron chi connectivity index (χ2n) is 4.95. The minimum Gasteiger partial charge on any atom is -0.145 e. The maximum Gasteiger partial charge on any atom is 0.0733 e. The predicted octanol–water partition coefficient (Wildman–Crippen LogP) is 6.39. The Balaban J connectivity index is 1.87. The van der Waals surface area contributed by atoms with Crippen molar-refractivity contribution >= 4 is 45.3 Å². The van der Waals surface area contributed by atoms with Gasteiger partial charge >= 0.3 is 0 Å². The molecule has 2 aromatic carbocycles. The molecular formula is C17H14Cl2S. The second-order valence-corrected chi connectivity index (χ2v) is 6.77. The lowest BCUT2D eigenvalue weighted by Crippen LogP contribution is -1.94. The molecule has 1 aromatic heterocycles. The summed E-state index contributed by atoms with van der Waals surface area (Å²) in [5, 5.41) is 5.32. The van der Waals surface area contributed by atoms with E-state index in [-0.39, 0.29) is 5.38 Å². The summed E-state index contributed by atoms with van der Waals surface area (Å²) in [5.74, 6) is 0.